The standard InChI is InChI=1S/C11H12ClN3O4S2/c1-6-5-9(14-19-6)13-11(16)7(2)15-21(17,18)10-4-3-8(12)20-10/h3-5,7,15H,1-2H3,(H,13,14,16)/t7-/m0/s1. The fraction of sp³-hybridized carbons (Fsp3) is 0.273. The Balaban J connectivity index is 2.03. The molecule has 0 fully saturated rings. The number of carbonyl (C=O) groups is 1. The molecule has 2 heterocycles. The van der Waals surface area contributed by atoms with E-state index in [2.05, 4.69) is 15.2 Å². The Morgan fingerprint density at radius 1 is 1.48 bits per heavy atom. The van der Waals surface area contributed by atoms with E-state index in [4.69, 9.17) is 16.1 Å². The number of amides is 1. The predicted octanol–water partition coefficient (Wildman–Crippen LogP) is 2.00. The van der Waals surface area contributed by atoms with Crippen LogP contribution in [0.5, 0.6) is 0 Å². The van der Waals surface area contributed by atoms with Crippen LogP contribution < -0.4 is 10.0 Å². The van der Waals surface area contributed by atoms with Crippen molar-refractivity contribution < 1.29 is 17.7 Å². The minimum atomic E-state index is -3.79. The Morgan fingerprint density at radius 3 is 2.71 bits per heavy atom. The maximum Gasteiger partial charge on any atom is 0.250 e. The first-order valence-electron chi connectivity index (χ1n) is 5.80. The fourth-order valence-corrected chi connectivity index (χ4v) is 4.15. The summed E-state index contributed by atoms with van der Waals surface area (Å²) in [6.07, 6.45) is 0. The zero-order valence-corrected chi connectivity index (χ0v) is 13.5. The monoisotopic (exact) mass is 349 g/mol. The van der Waals surface area contributed by atoms with Gasteiger partial charge in [0.2, 0.25) is 5.91 Å². The first-order chi connectivity index (χ1) is 9.78. The molecule has 0 saturated heterocycles. The van der Waals surface area contributed by atoms with Crippen LogP contribution in [0.2, 0.25) is 4.34 Å². The summed E-state index contributed by atoms with van der Waals surface area (Å²) in [7, 11) is -3.79. The second-order valence-electron chi connectivity index (χ2n) is 4.21. The second-order valence-corrected chi connectivity index (χ2v) is 7.87. The van der Waals surface area contributed by atoms with Crippen LogP contribution in [-0.4, -0.2) is 25.5 Å². The van der Waals surface area contributed by atoms with E-state index in [0.29, 0.717) is 10.1 Å². The number of rotatable bonds is 5. The quantitative estimate of drug-likeness (QED) is 0.859. The van der Waals surface area contributed by atoms with E-state index in [1.165, 1.54) is 25.1 Å². The number of aryl methyl sites for hydroxylation is 1. The molecule has 0 aliphatic heterocycles. The molecule has 2 rings (SSSR count). The molecule has 2 aromatic heterocycles. The van der Waals surface area contributed by atoms with Crippen LogP contribution in [-0.2, 0) is 14.8 Å². The summed E-state index contributed by atoms with van der Waals surface area (Å²) < 4.78 is 31.6. The van der Waals surface area contributed by atoms with E-state index in [-0.39, 0.29) is 10.0 Å². The van der Waals surface area contributed by atoms with Gasteiger partial charge in [-0.3, -0.25) is 4.79 Å². The lowest BCUT2D eigenvalue weighted by molar-refractivity contribution is -0.117. The topological polar surface area (TPSA) is 101 Å². The lowest BCUT2D eigenvalue weighted by Gasteiger charge is -2.12. The van der Waals surface area contributed by atoms with Gasteiger partial charge in [0.1, 0.15) is 9.97 Å². The van der Waals surface area contributed by atoms with Gasteiger partial charge in [-0.25, -0.2) is 8.42 Å². The highest BCUT2D eigenvalue weighted by Gasteiger charge is 2.24. The van der Waals surface area contributed by atoms with Gasteiger partial charge in [0.25, 0.3) is 10.0 Å². The van der Waals surface area contributed by atoms with Crippen LogP contribution in [0, 0.1) is 6.92 Å². The number of aromatic nitrogens is 1. The molecule has 0 aliphatic rings. The van der Waals surface area contributed by atoms with Crippen LogP contribution in [0.1, 0.15) is 12.7 Å². The molecule has 21 heavy (non-hydrogen) atoms. The van der Waals surface area contributed by atoms with E-state index < -0.39 is 22.0 Å². The average Bonchev–Trinajstić information content (AvgIpc) is 2.98. The van der Waals surface area contributed by atoms with Crippen molar-refractivity contribution in [2.24, 2.45) is 0 Å². The van der Waals surface area contributed by atoms with Crippen molar-refractivity contribution in [2.45, 2.75) is 24.1 Å². The van der Waals surface area contributed by atoms with E-state index in [1.807, 2.05) is 0 Å². The molecule has 1 atom stereocenters. The number of sulfonamides is 1. The molecule has 0 bridgehead atoms. The average molecular weight is 350 g/mol. The van der Waals surface area contributed by atoms with Crippen LogP contribution in [0.25, 0.3) is 0 Å². The third kappa shape index (κ3) is 4.03. The van der Waals surface area contributed by atoms with Crippen molar-refractivity contribution >= 4 is 44.7 Å². The highest BCUT2D eigenvalue weighted by atomic mass is 35.5. The van der Waals surface area contributed by atoms with E-state index >= 15 is 0 Å². The minimum Gasteiger partial charge on any atom is -0.360 e. The largest absolute Gasteiger partial charge is 0.360 e. The second kappa shape index (κ2) is 6.14. The number of nitrogens with zero attached hydrogens (tertiary/aromatic N) is 1. The summed E-state index contributed by atoms with van der Waals surface area (Å²) in [6, 6.07) is 3.40. The first-order valence-corrected chi connectivity index (χ1v) is 8.47. The number of hydrogen-bond acceptors (Lipinski definition) is 6. The van der Waals surface area contributed by atoms with Gasteiger partial charge in [-0.2, -0.15) is 4.72 Å². The zero-order valence-electron chi connectivity index (χ0n) is 11.1. The zero-order chi connectivity index (χ0) is 15.6. The third-order valence-electron chi connectivity index (χ3n) is 2.42. The molecule has 2 N–H and O–H groups in total. The maximum atomic E-state index is 12.0. The molecule has 0 radical (unpaired) electrons. The molecule has 0 saturated carbocycles. The van der Waals surface area contributed by atoms with E-state index in [0.717, 1.165) is 11.3 Å². The van der Waals surface area contributed by atoms with Crippen LogP contribution >= 0.6 is 22.9 Å². The molecule has 1 amide bonds. The van der Waals surface area contributed by atoms with Crippen molar-refractivity contribution in [3.05, 3.63) is 28.3 Å². The third-order valence-corrected chi connectivity index (χ3v) is 5.68. The van der Waals surface area contributed by atoms with Crippen molar-refractivity contribution in [3.8, 4) is 0 Å². The molecular weight excluding hydrogens is 338 g/mol. The highest BCUT2D eigenvalue weighted by molar-refractivity contribution is 7.91. The van der Waals surface area contributed by atoms with Gasteiger partial charge in [-0.1, -0.05) is 16.8 Å². The van der Waals surface area contributed by atoms with Gasteiger partial charge in [0, 0.05) is 6.07 Å². The smallest absolute Gasteiger partial charge is 0.250 e. The lowest BCUT2D eigenvalue weighted by atomic mass is 10.3. The molecule has 0 aliphatic carbocycles. The van der Waals surface area contributed by atoms with Gasteiger partial charge >= 0.3 is 0 Å². The number of halogens is 1. The van der Waals surface area contributed by atoms with Crippen LogP contribution in [0.4, 0.5) is 5.82 Å². The van der Waals surface area contributed by atoms with Crippen molar-refractivity contribution in [1.29, 1.82) is 0 Å². The van der Waals surface area contributed by atoms with Gasteiger partial charge in [-0.05, 0) is 26.0 Å². The number of anilines is 1. The van der Waals surface area contributed by atoms with Crippen molar-refractivity contribution in [1.82, 2.24) is 9.88 Å². The summed E-state index contributed by atoms with van der Waals surface area (Å²) in [6.45, 7) is 3.10. The van der Waals surface area contributed by atoms with Crippen molar-refractivity contribution in [2.75, 3.05) is 5.32 Å². The van der Waals surface area contributed by atoms with Gasteiger partial charge in [-0.15, -0.1) is 11.3 Å². The highest BCUT2D eigenvalue weighted by Crippen LogP contribution is 2.25. The van der Waals surface area contributed by atoms with Gasteiger partial charge in [0.15, 0.2) is 5.82 Å². The van der Waals surface area contributed by atoms with Gasteiger partial charge in [0.05, 0.1) is 10.4 Å². The molecule has 0 spiro atoms. The lowest BCUT2D eigenvalue weighted by Crippen LogP contribution is -2.41. The molecule has 2 aromatic rings. The Bertz CT molecular complexity index is 753. The molecule has 114 valence electrons. The molecule has 7 nitrogen and oxygen atoms in total. The summed E-state index contributed by atoms with van der Waals surface area (Å²) >= 11 is 6.62. The summed E-state index contributed by atoms with van der Waals surface area (Å²) in [5.74, 6) is 0.212. The Kier molecular flexibility index (Phi) is 4.67. The van der Waals surface area contributed by atoms with E-state index in [1.54, 1.807) is 6.92 Å². The summed E-state index contributed by atoms with van der Waals surface area (Å²) in [5.41, 5.74) is 0. The normalized spacial score (nSPS) is 13.1. The SMILES string of the molecule is Cc1cc(NC(=O)[C@H](C)NS(=O)(=O)c2ccc(Cl)s2)no1. The Labute approximate surface area is 130 Å². The van der Waals surface area contributed by atoms with E-state index in [9.17, 15) is 13.2 Å². The summed E-state index contributed by atoms with van der Waals surface area (Å²) in [4.78, 5) is 11.9. The Morgan fingerprint density at radius 2 is 2.19 bits per heavy atom. The summed E-state index contributed by atoms with van der Waals surface area (Å²) in [5, 5.41) is 6.04. The molecule has 0 unspecified atom stereocenters. The minimum absolute atomic E-state index is 0.0458. The molecular formula is C11H12ClN3O4S2. The Hall–Kier alpha value is -1.42. The van der Waals surface area contributed by atoms with Crippen LogP contribution in [0.3, 0.4) is 0 Å². The van der Waals surface area contributed by atoms with Gasteiger partial charge < -0.3 is 9.84 Å². The number of carbonyl (C=O) groups excluding carboxylic acids is 1. The predicted molar refractivity (Wildman–Crippen MR) is 79.0 cm³/mol. The van der Waals surface area contributed by atoms with Crippen molar-refractivity contribution in [3.63, 3.8) is 0 Å². The molecule has 0 aromatic carbocycles. The maximum absolute atomic E-state index is 12.0. The number of nitrogens with one attached hydrogen (secondary N) is 2. The van der Waals surface area contributed by atoms with Crippen LogP contribution in [0.15, 0.2) is 26.9 Å². The molecule has 10 heteroatoms. The first kappa shape index (κ1) is 16.0. The fourth-order valence-electron chi connectivity index (χ4n) is 1.45. The number of hydrogen-bond donors (Lipinski definition) is 2. The number of thiophene rings is 1.